The van der Waals surface area contributed by atoms with Gasteiger partial charge in [0.1, 0.15) is 6.10 Å². The maximum atomic E-state index is 13.2. The van der Waals surface area contributed by atoms with Crippen molar-refractivity contribution in [2.75, 3.05) is 32.8 Å². The molecule has 1 aliphatic rings. The van der Waals surface area contributed by atoms with Gasteiger partial charge in [-0.15, -0.1) is 0 Å². The monoisotopic (exact) mass is 687 g/mol. The number of unbranched alkanes of at least 4 members (excludes halogenated alkanes) is 13. The molecule has 6 nitrogen and oxygen atoms in total. The van der Waals surface area contributed by atoms with Crippen LogP contribution in [-0.2, 0) is 14.3 Å². The number of hydrogen-bond acceptors (Lipinski definition) is 5. The lowest BCUT2D eigenvalue weighted by molar-refractivity contribution is -0.153. The van der Waals surface area contributed by atoms with Gasteiger partial charge in [0.25, 0.3) is 0 Å². The lowest BCUT2D eigenvalue weighted by Crippen LogP contribution is -2.53. The number of amides is 1. The van der Waals surface area contributed by atoms with Crippen molar-refractivity contribution in [1.82, 2.24) is 10.2 Å². The van der Waals surface area contributed by atoms with E-state index in [1.54, 1.807) is 0 Å². The molecule has 6 heteroatoms. The van der Waals surface area contributed by atoms with E-state index in [1.165, 1.54) is 77.0 Å². The third kappa shape index (κ3) is 25.7. The van der Waals surface area contributed by atoms with E-state index in [2.05, 4.69) is 67.4 Å². The summed E-state index contributed by atoms with van der Waals surface area (Å²) in [5.74, 6) is 0.428. The van der Waals surface area contributed by atoms with E-state index in [1.807, 2.05) is 0 Å². The van der Waals surface area contributed by atoms with Crippen LogP contribution in [0.4, 0.5) is 0 Å². The maximum Gasteiger partial charge on any atom is 0.306 e. The van der Waals surface area contributed by atoms with Crippen LogP contribution in [-0.4, -0.2) is 60.8 Å². The van der Waals surface area contributed by atoms with Gasteiger partial charge < -0.3 is 20.1 Å². The third-order valence-corrected chi connectivity index (χ3v) is 9.83. The van der Waals surface area contributed by atoms with Gasteiger partial charge >= 0.3 is 5.97 Å². The minimum atomic E-state index is -0.0402. The van der Waals surface area contributed by atoms with Crippen LogP contribution < -0.4 is 5.32 Å². The second-order valence-corrected chi connectivity index (χ2v) is 14.4. The van der Waals surface area contributed by atoms with Crippen LogP contribution in [0, 0.1) is 11.8 Å². The molecule has 0 saturated carbocycles. The number of likely N-dealkylation sites (tertiary alicyclic amines) is 1. The summed E-state index contributed by atoms with van der Waals surface area (Å²) in [5, 5.41) is 11.7. The van der Waals surface area contributed by atoms with Crippen LogP contribution in [0.15, 0.2) is 36.5 Å². The summed E-state index contributed by atoms with van der Waals surface area (Å²) >= 11 is 0. The smallest absolute Gasteiger partial charge is 0.306 e. The Balaban J connectivity index is 2.69. The number of nitrogens with zero attached hydrogens (tertiary/aromatic N) is 1. The van der Waals surface area contributed by atoms with Gasteiger partial charge in [-0.2, -0.15) is 0 Å². The standard InChI is InChI=1S/C43H78N2O4/c1-4-7-10-13-16-19-22-25-30-39(31-26-23-20-17-14-11-8-5-2)41(32-27-24-21-18-15-12-9-6-3)49-42(47)33-28-29-35-45-37-40(38-45)43(48)44-34-36-46/h16-21,39-41,46H,4-15,22-38H2,1-3H3,(H,44,48)/b19-16-,20-17-,21-18-. The molecule has 1 atom stereocenters. The molecular formula is C43H78N2O4. The molecule has 1 fully saturated rings. The second-order valence-electron chi connectivity index (χ2n) is 14.4. The normalized spacial score (nSPS) is 14.8. The lowest BCUT2D eigenvalue weighted by atomic mass is 9.87. The molecule has 2 N–H and O–H groups in total. The maximum absolute atomic E-state index is 13.2. The van der Waals surface area contributed by atoms with Crippen molar-refractivity contribution < 1.29 is 19.4 Å². The Labute approximate surface area is 303 Å². The van der Waals surface area contributed by atoms with Crippen molar-refractivity contribution in [3.63, 3.8) is 0 Å². The highest BCUT2D eigenvalue weighted by Crippen LogP contribution is 2.27. The molecule has 49 heavy (non-hydrogen) atoms. The fourth-order valence-corrected chi connectivity index (χ4v) is 6.66. The van der Waals surface area contributed by atoms with Crippen molar-refractivity contribution in [3.8, 4) is 0 Å². The second kappa shape index (κ2) is 33.2. The highest BCUT2D eigenvalue weighted by molar-refractivity contribution is 5.80. The van der Waals surface area contributed by atoms with Gasteiger partial charge in [0.05, 0.1) is 12.5 Å². The fourth-order valence-electron chi connectivity index (χ4n) is 6.66. The van der Waals surface area contributed by atoms with Crippen LogP contribution in [0.25, 0.3) is 0 Å². The predicted molar refractivity (Wildman–Crippen MR) is 209 cm³/mol. The zero-order chi connectivity index (χ0) is 35.6. The molecule has 1 heterocycles. The number of aliphatic hydroxyl groups excluding tert-OH is 1. The summed E-state index contributed by atoms with van der Waals surface area (Å²) in [6.45, 7) is 9.50. The zero-order valence-corrected chi connectivity index (χ0v) is 32.3. The average Bonchev–Trinajstić information content (AvgIpc) is 3.08. The molecule has 0 aromatic rings. The molecule has 1 unspecified atom stereocenters. The van der Waals surface area contributed by atoms with Gasteiger partial charge in [-0.3, -0.25) is 9.59 Å². The summed E-state index contributed by atoms with van der Waals surface area (Å²) in [4.78, 5) is 27.5. The number of nitrogens with one attached hydrogen (secondary N) is 1. The zero-order valence-electron chi connectivity index (χ0n) is 32.3. The molecule has 0 bridgehead atoms. The number of aliphatic hydroxyl groups is 1. The highest BCUT2D eigenvalue weighted by atomic mass is 16.5. The Bertz CT molecular complexity index is 838. The van der Waals surface area contributed by atoms with Gasteiger partial charge in [0.2, 0.25) is 5.91 Å². The fraction of sp³-hybridized carbons (Fsp3) is 0.814. The first kappa shape index (κ1) is 45.1. The first-order valence-corrected chi connectivity index (χ1v) is 20.8. The Morgan fingerprint density at radius 1 is 0.673 bits per heavy atom. The topological polar surface area (TPSA) is 78.9 Å². The SMILES string of the molecule is CCCCC/C=C\CCCC(CCC/C=C\CCCCC)C(CCC/C=C\CCCCC)OC(=O)CCCCN1CC(C(=O)NCCO)C1. The lowest BCUT2D eigenvalue weighted by Gasteiger charge is -2.38. The van der Waals surface area contributed by atoms with Crippen molar-refractivity contribution >= 4 is 11.9 Å². The van der Waals surface area contributed by atoms with E-state index in [0.717, 1.165) is 90.3 Å². The van der Waals surface area contributed by atoms with Crippen molar-refractivity contribution in [2.24, 2.45) is 11.8 Å². The highest BCUT2D eigenvalue weighted by Gasteiger charge is 2.31. The van der Waals surface area contributed by atoms with E-state index in [0.29, 0.717) is 18.9 Å². The van der Waals surface area contributed by atoms with Crippen LogP contribution in [0.1, 0.15) is 175 Å². The van der Waals surface area contributed by atoms with Gasteiger partial charge in [0.15, 0.2) is 0 Å². The molecule has 0 spiro atoms. The van der Waals surface area contributed by atoms with E-state index in [9.17, 15) is 9.59 Å². The molecule has 0 aliphatic carbocycles. The van der Waals surface area contributed by atoms with E-state index >= 15 is 0 Å². The summed E-state index contributed by atoms with van der Waals surface area (Å²) < 4.78 is 6.36. The molecule has 0 radical (unpaired) electrons. The number of carbonyl (C=O) groups is 2. The van der Waals surface area contributed by atoms with Gasteiger partial charge in [-0.25, -0.2) is 0 Å². The quantitative estimate of drug-likeness (QED) is 0.0400. The van der Waals surface area contributed by atoms with Gasteiger partial charge in [-0.05, 0) is 122 Å². The molecule has 1 aliphatic heterocycles. The van der Waals surface area contributed by atoms with Gasteiger partial charge in [0, 0.05) is 26.1 Å². The van der Waals surface area contributed by atoms with Crippen LogP contribution in [0.2, 0.25) is 0 Å². The Kier molecular flexibility index (Phi) is 30.6. The molecular weight excluding hydrogens is 608 g/mol. The minimum Gasteiger partial charge on any atom is -0.462 e. The summed E-state index contributed by atoms with van der Waals surface area (Å²) in [5.41, 5.74) is 0. The van der Waals surface area contributed by atoms with Crippen LogP contribution >= 0.6 is 0 Å². The summed E-state index contributed by atoms with van der Waals surface area (Å²) in [6, 6.07) is 0. The Morgan fingerprint density at radius 3 is 1.61 bits per heavy atom. The van der Waals surface area contributed by atoms with Gasteiger partial charge in [-0.1, -0.05) is 95.8 Å². The van der Waals surface area contributed by atoms with E-state index in [-0.39, 0.29) is 30.5 Å². The number of rotatable bonds is 34. The van der Waals surface area contributed by atoms with Crippen LogP contribution in [0.5, 0.6) is 0 Å². The van der Waals surface area contributed by atoms with E-state index in [4.69, 9.17) is 9.84 Å². The minimum absolute atomic E-state index is 0.00312. The summed E-state index contributed by atoms with van der Waals surface area (Å²) in [7, 11) is 0. The summed E-state index contributed by atoms with van der Waals surface area (Å²) in [6.07, 6.45) is 41.3. The number of hydrogen-bond donors (Lipinski definition) is 2. The van der Waals surface area contributed by atoms with E-state index < -0.39 is 0 Å². The average molecular weight is 687 g/mol. The number of allylic oxidation sites excluding steroid dienone is 6. The van der Waals surface area contributed by atoms with Crippen LogP contribution in [0.3, 0.4) is 0 Å². The molecule has 1 rings (SSSR count). The molecule has 0 aromatic heterocycles. The number of esters is 1. The first-order valence-electron chi connectivity index (χ1n) is 20.8. The Morgan fingerprint density at radius 2 is 1.14 bits per heavy atom. The molecule has 1 saturated heterocycles. The Hall–Kier alpha value is -1.92. The van der Waals surface area contributed by atoms with Crippen molar-refractivity contribution in [2.45, 2.75) is 181 Å². The third-order valence-electron chi connectivity index (χ3n) is 9.83. The van der Waals surface area contributed by atoms with Crippen molar-refractivity contribution in [3.05, 3.63) is 36.5 Å². The number of carbonyl (C=O) groups excluding carboxylic acids is 2. The molecule has 284 valence electrons. The van der Waals surface area contributed by atoms with Crippen molar-refractivity contribution in [1.29, 1.82) is 0 Å². The largest absolute Gasteiger partial charge is 0.462 e. The predicted octanol–water partition coefficient (Wildman–Crippen LogP) is 10.6. The first-order chi connectivity index (χ1) is 24.0. The molecule has 1 amide bonds. The molecule has 0 aromatic carbocycles. The number of ether oxygens (including phenoxy) is 1.